The maximum absolute atomic E-state index is 14.8. The second-order valence-electron chi connectivity index (χ2n) is 10.2. The van der Waals surface area contributed by atoms with Gasteiger partial charge in [0.2, 0.25) is 11.9 Å². The molecule has 0 bridgehead atoms. The van der Waals surface area contributed by atoms with Crippen molar-refractivity contribution in [1.82, 2.24) is 20.2 Å². The number of hydrogen-bond donors (Lipinski definition) is 3. The van der Waals surface area contributed by atoms with Crippen LogP contribution in [0.4, 0.5) is 32.3 Å². The van der Waals surface area contributed by atoms with Crippen molar-refractivity contribution in [3.05, 3.63) is 66.1 Å². The predicted octanol–water partition coefficient (Wildman–Crippen LogP) is 5.13. The first kappa shape index (κ1) is 31.6. The number of nitrogens with one attached hydrogen (secondary N) is 2. The predicted molar refractivity (Wildman–Crippen MR) is 162 cm³/mol. The molecule has 1 aliphatic rings. The molecule has 1 aliphatic heterocycles. The first-order valence-electron chi connectivity index (χ1n) is 14.6. The number of carbonyl (C=O) groups excluding carboxylic acids is 1. The lowest BCUT2D eigenvalue weighted by atomic mass is 10.1. The molecule has 0 radical (unpaired) electrons. The van der Waals surface area contributed by atoms with Gasteiger partial charge in [0.15, 0.2) is 11.6 Å². The fourth-order valence-electron chi connectivity index (χ4n) is 4.84. The van der Waals surface area contributed by atoms with E-state index in [-0.39, 0.29) is 29.8 Å². The largest absolute Gasteiger partial charge is 0.490 e. The molecule has 1 saturated heterocycles. The summed E-state index contributed by atoms with van der Waals surface area (Å²) in [7, 11) is 1.56. The molecule has 0 saturated carbocycles. The van der Waals surface area contributed by atoms with E-state index in [1.807, 2.05) is 6.07 Å². The second-order valence-corrected chi connectivity index (χ2v) is 10.2. The summed E-state index contributed by atoms with van der Waals surface area (Å²) in [6, 6.07) is 12.9. The third-order valence-electron chi connectivity index (χ3n) is 7.01. The Balaban J connectivity index is 1.36. The van der Waals surface area contributed by atoms with Crippen LogP contribution in [0, 0.1) is 5.82 Å². The molecular formula is C31H39FN6O5. The Bertz CT molecular complexity index is 1350. The molecule has 12 heteroatoms. The number of likely N-dealkylation sites (tertiary alicyclic amines) is 1. The third-order valence-corrected chi connectivity index (χ3v) is 7.01. The Kier molecular flexibility index (Phi) is 12.0. The molecule has 3 aromatic rings. The van der Waals surface area contributed by atoms with E-state index in [0.29, 0.717) is 37.6 Å². The van der Waals surface area contributed by atoms with E-state index >= 15 is 0 Å². The Morgan fingerprint density at radius 2 is 1.93 bits per heavy atom. The number of halogens is 1. The molecule has 43 heavy (non-hydrogen) atoms. The van der Waals surface area contributed by atoms with Gasteiger partial charge in [-0.2, -0.15) is 4.98 Å². The molecule has 2 amide bonds. The molecule has 230 valence electrons. The van der Waals surface area contributed by atoms with Gasteiger partial charge in [-0.1, -0.05) is 18.6 Å². The molecule has 4 rings (SSSR count). The van der Waals surface area contributed by atoms with Crippen molar-refractivity contribution in [2.45, 2.75) is 38.5 Å². The minimum Gasteiger partial charge on any atom is -0.490 e. The minimum absolute atomic E-state index is 0.0993. The van der Waals surface area contributed by atoms with Crippen LogP contribution in [-0.4, -0.2) is 78.5 Å². The average molecular weight is 595 g/mol. The molecule has 1 fully saturated rings. The van der Waals surface area contributed by atoms with Crippen LogP contribution in [0.3, 0.4) is 0 Å². The Morgan fingerprint density at radius 1 is 1.09 bits per heavy atom. The average Bonchev–Trinajstić information content (AvgIpc) is 3.00. The van der Waals surface area contributed by atoms with Gasteiger partial charge in [-0.15, -0.1) is 0 Å². The zero-order valence-corrected chi connectivity index (χ0v) is 24.4. The zero-order chi connectivity index (χ0) is 30.4. The molecular weight excluding hydrogens is 555 g/mol. The Hall–Kier alpha value is -4.29. The lowest BCUT2D eigenvalue weighted by Gasteiger charge is -2.26. The molecule has 3 N–H and O–H groups in total. The Morgan fingerprint density at radius 3 is 2.70 bits per heavy atom. The number of carboxylic acid groups (broad SMARTS) is 1. The van der Waals surface area contributed by atoms with E-state index in [9.17, 15) is 19.1 Å². The number of methoxy groups -OCH3 is 1. The van der Waals surface area contributed by atoms with Crippen molar-refractivity contribution in [1.29, 1.82) is 0 Å². The van der Waals surface area contributed by atoms with Gasteiger partial charge in [-0.25, -0.2) is 19.1 Å². The number of piperidine rings is 1. The molecule has 0 aliphatic carbocycles. The fraction of sp³-hybridized carbons (Fsp3) is 0.419. The van der Waals surface area contributed by atoms with Crippen LogP contribution >= 0.6 is 0 Å². The number of amides is 2. The van der Waals surface area contributed by atoms with E-state index in [1.165, 1.54) is 37.6 Å². The van der Waals surface area contributed by atoms with E-state index in [2.05, 4.69) is 25.5 Å². The number of benzene rings is 2. The zero-order valence-electron chi connectivity index (χ0n) is 24.4. The normalized spacial score (nSPS) is 13.3. The van der Waals surface area contributed by atoms with Crippen molar-refractivity contribution >= 4 is 35.1 Å². The number of ether oxygens (including phenoxy) is 2. The van der Waals surface area contributed by atoms with Crippen molar-refractivity contribution in [3.63, 3.8) is 0 Å². The Labute approximate surface area is 251 Å². The standard InChI is InChI=1S/C31H39FN6O5/c1-42-20-15-33-29(39)12-9-23-7-5-8-25(21-23)38(31(40)41)28-13-14-34-30(36-28)35-24-10-11-27(26(32)22-24)43-19-6-18-37-16-3-2-4-17-37/h5,7-8,10-11,13-14,21-22H,2-4,6,9,12,15-20H2,1H3,(H,33,39)(H,40,41)(H,34,35,36). The summed E-state index contributed by atoms with van der Waals surface area (Å²) in [6.45, 7) is 4.46. The first-order valence-corrected chi connectivity index (χ1v) is 14.6. The number of rotatable bonds is 15. The highest BCUT2D eigenvalue weighted by Crippen LogP contribution is 2.27. The van der Waals surface area contributed by atoms with Crippen LogP contribution in [0.15, 0.2) is 54.7 Å². The highest BCUT2D eigenvalue weighted by Gasteiger charge is 2.20. The summed E-state index contributed by atoms with van der Waals surface area (Å²) in [6.07, 6.45) is 5.44. The first-order chi connectivity index (χ1) is 20.9. The summed E-state index contributed by atoms with van der Waals surface area (Å²) >= 11 is 0. The van der Waals surface area contributed by atoms with E-state index in [0.717, 1.165) is 36.5 Å². The van der Waals surface area contributed by atoms with Crippen molar-refractivity contribution in [2.75, 3.05) is 56.7 Å². The number of nitrogens with zero attached hydrogens (tertiary/aromatic N) is 4. The highest BCUT2D eigenvalue weighted by atomic mass is 19.1. The van der Waals surface area contributed by atoms with Crippen LogP contribution in [0.2, 0.25) is 0 Å². The lowest BCUT2D eigenvalue weighted by Crippen LogP contribution is -2.31. The van der Waals surface area contributed by atoms with Gasteiger partial charge in [0.25, 0.3) is 0 Å². The topological polar surface area (TPSA) is 129 Å². The maximum atomic E-state index is 14.8. The lowest BCUT2D eigenvalue weighted by molar-refractivity contribution is -0.121. The SMILES string of the molecule is COCCNC(=O)CCc1cccc(N(C(=O)O)c2ccnc(Nc3ccc(OCCCN4CCCCC4)c(F)c3)n2)c1. The van der Waals surface area contributed by atoms with Crippen LogP contribution in [0.5, 0.6) is 5.75 Å². The van der Waals surface area contributed by atoms with Crippen LogP contribution in [0.25, 0.3) is 0 Å². The highest BCUT2D eigenvalue weighted by molar-refractivity contribution is 5.93. The van der Waals surface area contributed by atoms with Gasteiger partial charge in [-0.3, -0.25) is 4.79 Å². The van der Waals surface area contributed by atoms with Gasteiger partial charge >= 0.3 is 6.09 Å². The summed E-state index contributed by atoms with van der Waals surface area (Å²) in [5.41, 5.74) is 1.55. The van der Waals surface area contributed by atoms with E-state index < -0.39 is 11.9 Å². The number of anilines is 4. The van der Waals surface area contributed by atoms with E-state index in [1.54, 1.807) is 37.4 Å². The van der Waals surface area contributed by atoms with Gasteiger partial charge < -0.3 is 30.1 Å². The molecule has 0 atom stereocenters. The molecule has 0 spiro atoms. The molecule has 1 aromatic heterocycles. The van der Waals surface area contributed by atoms with Crippen molar-refractivity contribution in [2.24, 2.45) is 0 Å². The molecule has 11 nitrogen and oxygen atoms in total. The monoisotopic (exact) mass is 594 g/mol. The summed E-state index contributed by atoms with van der Waals surface area (Å²) < 4.78 is 25.4. The van der Waals surface area contributed by atoms with Crippen LogP contribution in [0.1, 0.15) is 37.7 Å². The number of aryl methyl sites for hydroxylation is 1. The van der Waals surface area contributed by atoms with Gasteiger partial charge in [-0.05, 0) is 68.6 Å². The molecule has 2 heterocycles. The number of aromatic nitrogens is 2. The van der Waals surface area contributed by atoms with Gasteiger partial charge in [0.1, 0.15) is 5.82 Å². The van der Waals surface area contributed by atoms with Gasteiger partial charge in [0.05, 0.1) is 18.9 Å². The maximum Gasteiger partial charge on any atom is 0.417 e. The number of hydrogen-bond acceptors (Lipinski definition) is 8. The second kappa shape index (κ2) is 16.4. The van der Waals surface area contributed by atoms with Crippen molar-refractivity contribution < 1.29 is 28.6 Å². The number of carbonyl (C=O) groups is 2. The quantitative estimate of drug-likeness (QED) is 0.205. The van der Waals surface area contributed by atoms with E-state index in [4.69, 9.17) is 9.47 Å². The smallest absolute Gasteiger partial charge is 0.417 e. The third kappa shape index (κ3) is 9.90. The van der Waals surface area contributed by atoms with Crippen LogP contribution < -0.4 is 20.3 Å². The summed E-state index contributed by atoms with van der Waals surface area (Å²) in [5, 5.41) is 15.7. The molecule has 2 aromatic carbocycles. The summed E-state index contributed by atoms with van der Waals surface area (Å²) in [4.78, 5) is 36.3. The van der Waals surface area contributed by atoms with Crippen molar-refractivity contribution in [3.8, 4) is 5.75 Å². The summed E-state index contributed by atoms with van der Waals surface area (Å²) in [5.74, 6) is -0.262. The minimum atomic E-state index is -1.24. The molecule has 0 unspecified atom stereocenters. The van der Waals surface area contributed by atoms with Gasteiger partial charge in [0, 0.05) is 50.6 Å². The fourth-order valence-corrected chi connectivity index (χ4v) is 4.84. The van der Waals surface area contributed by atoms with Crippen LogP contribution in [-0.2, 0) is 16.0 Å².